The van der Waals surface area contributed by atoms with Crippen LogP contribution in [0.3, 0.4) is 0 Å². The number of carbonyl (C=O) groups is 1. The number of ether oxygens (including phenoxy) is 2. The third kappa shape index (κ3) is 4.84. The Morgan fingerprint density at radius 1 is 1.23 bits per heavy atom. The zero-order valence-corrected chi connectivity index (χ0v) is 22.4. The van der Waals surface area contributed by atoms with E-state index in [1.807, 2.05) is 0 Å². The van der Waals surface area contributed by atoms with E-state index < -0.39 is 28.3 Å². The summed E-state index contributed by atoms with van der Waals surface area (Å²) in [6.45, 7) is 3.47. The minimum Gasteiger partial charge on any atom is -0.496 e. The van der Waals surface area contributed by atoms with Gasteiger partial charge in [0, 0.05) is 18.2 Å². The van der Waals surface area contributed by atoms with Crippen LogP contribution in [0.5, 0.6) is 5.75 Å². The Labute approximate surface area is 230 Å². The van der Waals surface area contributed by atoms with Gasteiger partial charge in [-0.15, -0.1) is 0 Å². The van der Waals surface area contributed by atoms with Crippen LogP contribution in [0.25, 0.3) is 17.4 Å². The van der Waals surface area contributed by atoms with Gasteiger partial charge in [-0.25, -0.2) is 14.2 Å². The average molecular weight is 564 g/mol. The number of non-ortho nitro benzene ring substituents is 1. The van der Waals surface area contributed by atoms with Gasteiger partial charge >= 0.3 is 5.97 Å². The van der Waals surface area contributed by atoms with Crippen molar-refractivity contribution >= 4 is 29.1 Å². The molecule has 0 spiro atoms. The lowest BCUT2D eigenvalue weighted by Crippen LogP contribution is -2.39. The summed E-state index contributed by atoms with van der Waals surface area (Å²) >= 11 is 1.10. The SMILES string of the molecule is CCOC(=O)C1=C(C)N=c2s/c(=C\c3ccc(-c4cc([N+](=O)[O-])ccc4OC)o3)c(=O)n2C1c1ccc(F)cc1. The average Bonchev–Trinajstić information content (AvgIpc) is 3.52. The summed E-state index contributed by atoms with van der Waals surface area (Å²) in [5, 5.41) is 11.3. The van der Waals surface area contributed by atoms with E-state index in [0.29, 0.717) is 38.9 Å². The molecule has 12 heteroatoms. The monoisotopic (exact) mass is 563 g/mol. The number of nitrogens with zero attached hydrogens (tertiary/aromatic N) is 3. The molecule has 1 aliphatic rings. The van der Waals surface area contributed by atoms with Crippen molar-refractivity contribution in [1.82, 2.24) is 4.57 Å². The predicted molar refractivity (Wildman–Crippen MR) is 144 cm³/mol. The van der Waals surface area contributed by atoms with E-state index >= 15 is 0 Å². The van der Waals surface area contributed by atoms with Crippen molar-refractivity contribution in [2.45, 2.75) is 19.9 Å². The van der Waals surface area contributed by atoms with Crippen LogP contribution in [0.1, 0.15) is 31.2 Å². The number of furan rings is 1. The molecule has 1 aliphatic heterocycles. The zero-order valence-electron chi connectivity index (χ0n) is 21.5. The normalized spacial score (nSPS) is 15.0. The number of hydrogen-bond donors (Lipinski definition) is 0. The largest absolute Gasteiger partial charge is 0.496 e. The first-order chi connectivity index (χ1) is 19.2. The van der Waals surface area contributed by atoms with Gasteiger partial charge in [0.05, 0.1) is 46.0 Å². The van der Waals surface area contributed by atoms with E-state index in [0.717, 1.165) is 11.3 Å². The highest BCUT2D eigenvalue weighted by Gasteiger charge is 2.33. The van der Waals surface area contributed by atoms with Gasteiger partial charge in [-0.2, -0.15) is 0 Å². The molecule has 0 bridgehead atoms. The molecule has 40 heavy (non-hydrogen) atoms. The number of esters is 1. The Kier molecular flexibility index (Phi) is 7.18. The summed E-state index contributed by atoms with van der Waals surface area (Å²) in [4.78, 5) is 42.2. The number of halogens is 1. The summed E-state index contributed by atoms with van der Waals surface area (Å²) < 4.78 is 31.9. The molecular formula is C28H22FN3O7S. The number of aromatic nitrogens is 1. The molecule has 2 aromatic heterocycles. The van der Waals surface area contributed by atoms with Gasteiger partial charge in [0.15, 0.2) is 4.80 Å². The van der Waals surface area contributed by atoms with Gasteiger partial charge in [0.1, 0.15) is 23.1 Å². The molecule has 0 amide bonds. The highest BCUT2D eigenvalue weighted by molar-refractivity contribution is 7.07. The number of methoxy groups -OCH3 is 1. The van der Waals surface area contributed by atoms with E-state index in [-0.39, 0.29) is 22.4 Å². The molecule has 2 aromatic carbocycles. The fourth-order valence-electron chi connectivity index (χ4n) is 4.46. The van der Waals surface area contributed by atoms with Crippen LogP contribution < -0.4 is 19.6 Å². The van der Waals surface area contributed by atoms with Gasteiger partial charge in [-0.05, 0) is 49.7 Å². The second-order valence-corrected chi connectivity index (χ2v) is 9.71. The Hall–Kier alpha value is -4.84. The summed E-state index contributed by atoms with van der Waals surface area (Å²) in [7, 11) is 1.44. The molecule has 0 saturated heterocycles. The Morgan fingerprint density at radius 3 is 2.65 bits per heavy atom. The molecule has 3 heterocycles. The number of nitro benzene ring substituents is 1. The topological polar surface area (TPSA) is 126 Å². The predicted octanol–water partition coefficient (Wildman–Crippen LogP) is 4.11. The van der Waals surface area contributed by atoms with Crippen molar-refractivity contribution < 1.29 is 28.0 Å². The van der Waals surface area contributed by atoms with Gasteiger partial charge < -0.3 is 13.9 Å². The van der Waals surface area contributed by atoms with Gasteiger partial charge in [-0.1, -0.05) is 23.5 Å². The van der Waals surface area contributed by atoms with Gasteiger partial charge in [0.25, 0.3) is 11.2 Å². The Balaban J connectivity index is 1.63. The van der Waals surface area contributed by atoms with Crippen LogP contribution in [0.4, 0.5) is 10.1 Å². The second-order valence-electron chi connectivity index (χ2n) is 8.70. The molecule has 0 aliphatic carbocycles. The van der Waals surface area contributed by atoms with E-state index in [2.05, 4.69) is 4.99 Å². The highest BCUT2D eigenvalue weighted by atomic mass is 32.1. The molecule has 204 valence electrons. The lowest BCUT2D eigenvalue weighted by atomic mass is 9.96. The minimum atomic E-state index is -0.876. The molecule has 0 saturated carbocycles. The first-order valence-corrected chi connectivity index (χ1v) is 12.9. The van der Waals surface area contributed by atoms with E-state index in [1.165, 1.54) is 60.2 Å². The molecule has 0 fully saturated rings. The van der Waals surface area contributed by atoms with Gasteiger partial charge in [0.2, 0.25) is 0 Å². The van der Waals surface area contributed by atoms with Crippen LogP contribution in [-0.4, -0.2) is 29.2 Å². The van der Waals surface area contributed by atoms with Crippen molar-refractivity contribution in [3.8, 4) is 17.1 Å². The first-order valence-electron chi connectivity index (χ1n) is 12.1. The molecule has 4 aromatic rings. The third-order valence-corrected chi connectivity index (χ3v) is 7.25. The summed E-state index contributed by atoms with van der Waals surface area (Å²) in [6.07, 6.45) is 1.53. The second kappa shape index (κ2) is 10.7. The number of fused-ring (bicyclic) bond motifs is 1. The number of allylic oxidation sites excluding steroid dienone is 1. The Bertz CT molecular complexity index is 1850. The van der Waals surface area contributed by atoms with Crippen molar-refractivity contribution in [2.75, 3.05) is 13.7 Å². The smallest absolute Gasteiger partial charge is 0.338 e. The number of benzene rings is 2. The van der Waals surface area contributed by atoms with Crippen molar-refractivity contribution in [2.24, 2.45) is 4.99 Å². The molecule has 1 unspecified atom stereocenters. The van der Waals surface area contributed by atoms with Crippen molar-refractivity contribution in [3.05, 3.63) is 113 Å². The van der Waals surface area contributed by atoms with E-state index in [4.69, 9.17) is 13.9 Å². The molecule has 0 radical (unpaired) electrons. The highest BCUT2D eigenvalue weighted by Crippen LogP contribution is 2.35. The van der Waals surface area contributed by atoms with Crippen LogP contribution in [-0.2, 0) is 9.53 Å². The number of carbonyl (C=O) groups excluding carboxylic acids is 1. The Morgan fingerprint density at radius 2 is 1.98 bits per heavy atom. The minimum absolute atomic E-state index is 0.129. The maximum Gasteiger partial charge on any atom is 0.338 e. The first kappa shape index (κ1) is 26.8. The van der Waals surface area contributed by atoms with Crippen LogP contribution in [0.15, 0.2) is 80.1 Å². The zero-order chi connectivity index (χ0) is 28.6. The number of thiazole rings is 1. The summed E-state index contributed by atoms with van der Waals surface area (Å²) in [6, 6.07) is 12.1. The quantitative estimate of drug-likeness (QED) is 0.188. The van der Waals surface area contributed by atoms with Crippen LogP contribution >= 0.6 is 11.3 Å². The lowest BCUT2D eigenvalue weighted by Gasteiger charge is -2.24. The van der Waals surface area contributed by atoms with Crippen molar-refractivity contribution in [1.29, 1.82) is 0 Å². The summed E-state index contributed by atoms with van der Waals surface area (Å²) in [5.74, 6) is -0.0673. The number of rotatable bonds is 7. The fourth-order valence-corrected chi connectivity index (χ4v) is 5.49. The third-order valence-electron chi connectivity index (χ3n) is 6.26. The lowest BCUT2D eigenvalue weighted by molar-refractivity contribution is -0.384. The van der Waals surface area contributed by atoms with Crippen LogP contribution in [0, 0.1) is 15.9 Å². The standard InChI is InChI=1S/C28H22FN3O7S/c1-4-38-27(34)24-15(2)30-28-31(25(24)16-5-7-17(29)8-6-16)26(33)23(40-28)14-19-10-12-22(39-19)20-13-18(32(35)36)9-11-21(20)37-3/h5-14,25H,4H2,1-3H3/b23-14-. The number of hydrogen-bond acceptors (Lipinski definition) is 9. The van der Waals surface area contributed by atoms with Crippen molar-refractivity contribution in [3.63, 3.8) is 0 Å². The van der Waals surface area contributed by atoms with E-state index in [9.17, 15) is 24.1 Å². The number of nitro groups is 1. The molecule has 10 nitrogen and oxygen atoms in total. The fraction of sp³-hybridized carbons (Fsp3) is 0.179. The molecule has 1 atom stereocenters. The molecule has 0 N–H and O–H groups in total. The van der Waals surface area contributed by atoms with Gasteiger partial charge in [-0.3, -0.25) is 19.5 Å². The van der Waals surface area contributed by atoms with E-state index in [1.54, 1.807) is 26.0 Å². The van der Waals surface area contributed by atoms with Crippen LogP contribution in [0.2, 0.25) is 0 Å². The molecular weight excluding hydrogens is 541 g/mol. The maximum absolute atomic E-state index is 13.7. The molecule has 5 rings (SSSR count). The maximum atomic E-state index is 13.7. The summed E-state index contributed by atoms with van der Waals surface area (Å²) in [5.41, 5.74) is 0.909.